The molecule has 0 aliphatic carbocycles. The average molecular weight is 340 g/mol. The molecular weight excluding hydrogens is 322 g/mol. The van der Waals surface area contributed by atoms with Gasteiger partial charge in [0.1, 0.15) is 6.04 Å². The predicted octanol–water partition coefficient (Wildman–Crippen LogP) is 1.87. The van der Waals surface area contributed by atoms with Gasteiger partial charge >= 0.3 is 0 Å². The van der Waals surface area contributed by atoms with Crippen LogP contribution in [-0.4, -0.2) is 25.5 Å². The summed E-state index contributed by atoms with van der Waals surface area (Å²) in [6, 6.07) is -0.349. The van der Waals surface area contributed by atoms with Gasteiger partial charge in [-0.2, -0.15) is 10.2 Å². The molecule has 2 aromatic heterocycles. The van der Waals surface area contributed by atoms with Crippen molar-refractivity contribution < 1.29 is 4.79 Å². The van der Waals surface area contributed by atoms with E-state index in [9.17, 15) is 4.79 Å². The Morgan fingerprint density at radius 2 is 2.20 bits per heavy atom. The maximum atomic E-state index is 12.2. The molecule has 1 N–H and O–H groups in total. The zero-order valence-corrected chi connectivity index (χ0v) is 13.6. The standard InChI is InChI=1S/C13H18BrN5O/c1-8-11(7-18(4)17-8)5-15-13(20)10(3)19-9(2)12(14)6-16-19/h6-7,10H,5H2,1-4H3,(H,15,20). The Labute approximate surface area is 126 Å². The Morgan fingerprint density at radius 3 is 2.70 bits per heavy atom. The molecule has 20 heavy (non-hydrogen) atoms. The fourth-order valence-electron chi connectivity index (χ4n) is 2.06. The summed E-state index contributed by atoms with van der Waals surface area (Å²) >= 11 is 3.40. The van der Waals surface area contributed by atoms with Crippen LogP contribution in [0.2, 0.25) is 0 Å². The first kappa shape index (κ1) is 14.8. The van der Waals surface area contributed by atoms with Gasteiger partial charge in [-0.3, -0.25) is 14.2 Å². The third-order valence-electron chi connectivity index (χ3n) is 3.30. The number of nitrogens with zero attached hydrogens (tertiary/aromatic N) is 4. The molecule has 0 radical (unpaired) electrons. The summed E-state index contributed by atoms with van der Waals surface area (Å²) < 4.78 is 4.35. The molecule has 0 spiro atoms. The van der Waals surface area contributed by atoms with E-state index in [1.54, 1.807) is 15.6 Å². The van der Waals surface area contributed by atoms with Crippen LogP contribution < -0.4 is 5.32 Å². The molecule has 6 nitrogen and oxygen atoms in total. The number of aromatic nitrogens is 4. The molecule has 1 amide bonds. The van der Waals surface area contributed by atoms with Crippen molar-refractivity contribution in [1.29, 1.82) is 0 Å². The molecular formula is C13H18BrN5O. The Hall–Kier alpha value is -1.63. The Balaban J connectivity index is 2.01. The van der Waals surface area contributed by atoms with Gasteiger partial charge in [-0.15, -0.1) is 0 Å². The van der Waals surface area contributed by atoms with Crippen LogP contribution in [0, 0.1) is 13.8 Å². The van der Waals surface area contributed by atoms with E-state index in [0.717, 1.165) is 21.4 Å². The first-order valence-electron chi connectivity index (χ1n) is 6.36. The third-order valence-corrected chi connectivity index (χ3v) is 4.08. The molecule has 2 aromatic rings. The predicted molar refractivity (Wildman–Crippen MR) is 79.2 cm³/mol. The number of amides is 1. The quantitative estimate of drug-likeness (QED) is 0.924. The number of rotatable bonds is 4. The number of nitrogens with one attached hydrogen (secondary N) is 1. The maximum absolute atomic E-state index is 12.2. The van der Waals surface area contributed by atoms with Gasteiger partial charge in [-0.1, -0.05) is 0 Å². The van der Waals surface area contributed by atoms with Crippen LogP contribution in [0.5, 0.6) is 0 Å². The average Bonchev–Trinajstić information content (AvgIpc) is 2.89. The van der Waals surface area contributed by atoms with Crippen LogP contribution in [-0.2, 0) is 18.4 Å². The van der Waals surface area contributed by atoms with E-state index < -0.39 is 0 Å². The highest BCUT2D eigenvalue weighted by Gasteiger charge is 2.18. The van der Waals surface area contributed by atoms with E-state index in [1.807, 2.05) is 34.0 Å². The van der Waals surface area contributed by atoms with Gasteiger partial charge in [-0.05, 0) is 36.7 Å². The lowest BCUT2D eigenvalue weighted by molar-refractivity contribution is -0.124. The Bertz CT molecular complexity index is 631. The zero-order chi connectivity index (χ0) is 14.9. The Kier molecular flexibility index (Phi) is 4.27. The summed E-state index contributed by atoms with van der Waals surface area (Å²) in [5, 5.41) is 11.4. The molecule has 0 fully saturated rings. The minimum atomic E-state index is -0.349. The SMILES string of the molecule is Cc1nn(C)cc1CNC(=O)C(C)n1ncc(Br)c1C. The van der Waals surface area contributed by atoms with Gasteiger partial charge in [0.25, 0.3) is 0 Å². The fourth-order valence-corrected chi connectivity index (χ4v) is 2.33. The van der Waals surface area contributed by atoms with E-state index in [1.165, 1.54) is 0 Å². The first-order valence-corrected chi connectivity index (χ1v) is 7.16. The van der Waals surface area contributed by atoms with E-state index in [4.69, 9.17) is 0 Å². The fraction of sp³-hybridized carbons (Fsp3) is 0.462. The van der Waals surface area contributed by atoms with Gasteiger partial charge in [0.15, 0.2) is 0 Å². The largest absolute Gasteiger partial charge is 0.350 e. The van der Waals surface area contributed by atoms with Crippen molar-refractivity contribution in [3.8, 4) is 0 Å². The first-order chi connectivity index (χ1) is 9.40. The highest BCUT2D eigenvalue weighted by Crippen LogP contribution is 2.18. The summed E-state index contributed by atoms with van der Waals surface area (Å²) in [5.74, 6) is -0.0630. The molecule has 2 heterocycles. The molecule has 0 saturated heterocycles. The number of carbonyl (C=O) groups excluding carboxylic acids is 1. The molecule has 0 bridgehead atoms. The van der Waals surface area contributed by atoms with Gasteiger partial charge in [-0.25, -0.2) is 0 Å². The third kappa shape index (κ3) is 2.92. The zero-order valence-electron chi connectivity index (χ0n) is 12.0. The van der Waals surface area contributed by atoms with Crippen molar-refractivity contribution in [3.05, 3.63) is 33.8 Å². The molecule has 108 valence electrons. The lowest BCUT2D eigenvalue weighted by Crippen LogP contribution is -2.31. The number of halogens is 1. The molecule has 0 aliphatic heterocycles. The molecule has 7 heteroatoms. The molecule has 0 aliphatic rings. The van der Waals surface area contributed by atoms with Crippen molar-refractivity contribution in [1.82, 2.24) is 24.9 Å². The summed E-state index contributed by atoms with van der Waals surface area (Å²) in [6.07, 6.45) is 3.61. The lowest BCUT2D eigenvalue weighted by Gasteiger charge is -2.14. The summed E-state index contributed by atoms with van der Waals surface area (Å²) in [4.78, 5) is 12.2. The van der Waals surface area contributed by atoms with Crippen LogP contribution in [0.1, 0.15) is 29.9 Å². The molecule has 1 unspecified atom stereocenters. The minimum absolute atomic E-state index is 0.0630. The van der Waals surface area contributed by atoms with Crippen LogP contribution in [0.25, 0.3) is 0 Å². The molecule has 1 atom stereocenters. The monoisotopic (exact) mass is 339 g/mol. The second kappa shape index (κ2) is 5.78. The van der Waals surface area contributed by atoms with Crippen molar-refractivity contribution in [3.63, 3.8) is 0 Å². The van der Waals surface area contributed by atoms with Crippen LogP contribution in [0.3, 0.4) is 0 Å². The summed E-state index contributed by atoms with van der Waals surface area (Å²) in [7, 11) is 1.87. The van der Waals surface area contributed by atoms with E-state index >= 15 is 0 Å². The molecule has 0 saturated carbocycles. The van der Waals surface area contributed by atoms with E-state index in [2.05, 4.69) is 31.4 Å². The number of hydrogen-bond donors (Lipinski definition) is 1. The number of aryl methyl sites for hydroxylation is 2. The van der Waals surface area contributed by atoms with E-state index in [-0.39, 0.29) is 11.9 Å². The van der Waals surface area contributed by atoms with Gasteiger partial charge in [0.05, 0.1) is 22.1 Å². The number of carbonyl (C=O) groups is 1. The maximum Gasteiger partial charge on any atom is 0.244 e. The minimum Gasteiger partial charge on any atom is -0.350 e. The van der Waals surface area contributed by atoms with Crippen molar-refractivity contribution >= 4 is 21.8 Å². The highest BCUT2D eigenvalue weighted by molar-refractivity contribution is 9.10. The highest BCUT2D eigenvalue weighted by atomic mass is 79.9. The van der Waals surface area contributed by atoms with Crippen molar-refractivity contribution in [2.75, 3.05) is 0 Å². The smallest absolute Gasteiger partial charge is 0.244 e. The Morgan fingerprint density at radius 1 is 1.50 bits per heavy atom. The normalized spacial score (nSPS) is 12.4. The molecule has 2 rings (SSSR count). The van der Waals surface area contributed by atoms with Crippen molar-refractivity contribution in [2.24, 2.45) is 7.05 Å². The second-order valence-corrected chi connectivity index (χ2v) is 5.68. The lowest BCUT2D eigenvalue weighted by atomic mass is 10.2. The van der Waals surface area contributed by atoms with Gasteiger partial charge in [0.2, 0.25) is 5.91 Å². The van der Waals surface area contributed by atoms with Crippen LogP contribution in [0.4, 0.5) is 0 Å². The van der Waals surface area contributed by atoms with Gasteiger partial charge < -0.3 is 5.32 Å². The van der Waals surface area contributed by atoms with Crippen molar-refractivity contribution in [2.45, 2.75) is 33.4 Å². The van der Waals surface area contributed by atoms with Crippen LogP contribution in [0.15, 0.2) is 16.9 Å². The molecule has 0 aromatic carbocycles. The van der Waals surface area contributed by atoms with Gasteiger partial charge in [0, 0.05) is 25.4 Å². The van der Waals surface area contributed by atoms with Crippen LogP contribution >= 0.6 is 15.9 Å². The summed E-state index contributed by atoms with van der Waals surface area (Å²) in [6.45, 7) is 6.16. The number of hydrogen-bond acceptors (Lipinski definition) is 3. The topological polar surface area (TPSA) is 64.7 Å². The summed E-state index contributed by atoms with van der Waals surface area (Å²) in [5.41, 5.74) is 2.88. The van der Waals surface area contributed by atoms with E-state index in [0.29, 0.717) is 6.54 Å². The second-order valence-electron chi connectivity index (χ2n) is 4.83.